The summed E-state index contributed by atoms with van der Waals surface area (Å²) in [5, 5.41) is 14.3. The molecular formula is C18H14BrFN2O2. The van der Waals surface area contributed by atoms with E-state index in [4.69, 9.17) is 0 Å². The molecule has 0 unspecified atom stereocenters. The highest BCUT2D eigenvalue weighted by atomic mass is 79.9. The van der Waals surface area contributed by atoms with Gasteiger partial charge in [0.15, 0.2) is 0 Å². The second-order valence-electron chi connectivity index (χ2n) is 6.18. The summed E-state index contributed by atoms with van der Waals surface area (Å²) >= 11 is 3.36. The average molecular weight is 389 g/mol. The van der Waals surface area contributed by atoms with Crippen molar-refractivity contribution in [1.82, 2.24) is 0 Å². The number of halogens is 2. The van der Waals surface area contributed by atoms with Gasteiger partial charge in [-0.15, -0.1) is 0 Å². The molecule has 24 heavy (non-hydrogen) atoms. The first-order valence-electron chi connectivity index (χ1n) is 7.71. The highest BCUT2D eigenvalue weighted by Gasteiger charge is 2.39. The Hall–Kier alpha value is -2.21. The molecule has 0 bridgehead atoms. The molecule has 2 aliphatic rings. The Balaban J connectivity index is 1.81. The lowest BCUT2D eigenvalue weighted by atomic mass is 9.77. The number of nitrogens with one attached hydrogen (secondary N) is 1. The number of nitro groups is 1. The third-order valence-corrected chi connectivity index (χ3v) is 5.28. The van der Waals surface area contributed by atoms with E-state index in [9.17, 15) is 14.5 Å². The van der Waals surface area contributed by atoms with Gasteiger partial charge in [-0.1, -0.05) is 40.2 Å². The van der Waals surface area contributed by atoms with Crippen LogP contribution < -0.4 is 5.32 Å². The van der Waals surface area contributed by atoms with Crippen LogP contribution in [0.3, 0.4) is 0 Å². The lowest BCUT2D eigenvalue weighted by molar-refractivity contribution is -0.384. The average Bonchev–Trinajstić information content (AvgIpc) is 3.04. The number of benzene rings is 2. The molecule has 0 radical (unpaired) electrons. The summed E-state index contributed by atoms with van der Waals surface area (Å²) in [4.78, 5) is 10.7. The number of anilines is 1. The van der Waals surface area contributed by atoms with Gasteiger partial charge in [0.2, 0.25) is 0 Å². The van der Waals surface area contributed by atoms with Crippen LogP contribution in [-0.2, 0) is 0 Å². The third kappa shape index (κ3) is 2.41. The Morgan fingerprint density at radius 1 is 1.29 bits per heavy atom. The maximum absolute atomic E-state index is 14.5. The standard InChI is InChI=1S/C18H14BrFN2O2/c19-11-8-15-13-5-2-6-14(13)17(21-18(15)16(20)9-11)10-3-1-4-12(7-10)22(23)24/h1-5,7-9,13-14,17,21H,6H2/t13-,14-,17-/m0/s1. The monoisotopic (exact) mass is 388 g/mol. The van der Waals surface area contributed by atoms with Crippen molar-refractivity contribution < 1.29 is 9.31 Å². The van der Waals surface area contributed by atoms with Crippen molar-refractivity contribution in [2.45, 2.75) is 18.4 Å². The van der Waals surface area contributed by atoms with Gasteiger partial charge in [-0.05, 0) is 35.6 Å². The predicted molar refractivity (Wildman–Crippen MR) is 93.5 cm³/mol. The lowest BCUT2D eigenvalue weighted by Crippen LogP contribution is -2.29. The van der Waals surface area contributed by atoms with Gasteiger partial charge >= 0.3 is 0 Å². The molecule has 6 heteroatoms. The SMILES string of the molecule is O=[N+]([O-])c1cccc([C@@H]2Nc3c(F)cc(Br)cc3[C@H]3C=CC[C@@H]32)c1. The molecular weight excluding hydrogens is 375 g/mol. The van der Waals surface area contributed by atoms with Crippen LogP contribution in [0.4, 0.5) is 15.8 Å². The van der Waals surface area contributed by atoms with Crippen LogP contribution >= 0.6 is 15.9 Å². The number of nitrogens with zero attached hydrogens (tertiary/aromatic N) is 1. The predicted octanol–water partition coefficient (Wildman–Crippen LogP) is 5.32. The Labute approximate surface area is 146 Å². The summed E-state index contributed by atoms with van der Waals surface area (Å²) in [5.74, 6) is 0.0132. The maximum atomic E-state index is 14.5. The maximum Gasteiger partial charge on any atom is 0.269 e. The van der Waals surface area contributed by atoms with Gasteiger partial charge in [0.05, 0.1) is 16.7 Å². The Morgan fingerprint density at radius 3 is 2.92 bits per heavy atom. The van der Waals surface area contributed by atoms with E-state index < -0.39 is 4.92 Å². The highest BCUT2D eigenvalue weighted by Crippen LogP contribution is 2.51. The molecule has 0 aromatic heterocycles. The molecule has 2 aromatic rings. The second kappa shape index (κ2) is 5.70. The molecule has 1 aliphatic heterocycles. The molecule has 0 fully saturated rings. The zero-order valence-corrected chi connectivity index (χ0v) is 14.2. The molecule has 122 valence electrons. The molecule has 4 rings (SSSR count). The molecule has 1 aliphatic carbocycles. The van der Waals surface area contributed by atoms with E-state index in [2.05, 4.69) is 33.4 Å². The van der Waals surface area contributed by atoms with Crippen molar-refractivity contribution in [1.29, 1.82) is 0 Å². The van der Waals surface area contributed by atoms with E-state index >= 15 is 0 Å². The van der Waals surface area contributed by atoms with E-state index in [0.717, 1.165) is 17.5 Å². The normalized spacial score (nSPS) is 24.2. The van der Waals surface area contributed by atoms with E-state index in [0.29, 0.717) is 10.2 Å². The molecule has 0 saturated carbocycles. The second-order valence-corrected chi connectivity index (χ2v) is 7.10. The van der Waals surface area contributed by atoms with Gasteiger partial charge in [0, 0.05) is 22.5 Å². The van der Waals surface area contributed by atoms with Gasteiger partial charge in [0.1, 0.15) is 5.82 Å². The molecule has 0 amide bonds. The van der Waals surface area contributed by atoms with E-state index in [1.807, 2.05) is 12.1 Å². The molecule has 0 spiro atoms. The largest absolute Gasteiger partial charge is 0.375 e. The fourth-order valence-corrected chi connectivity index (χ4v) is 4.23. The Bertz CT molecular complexity index is 868. The molecule has 1 N–H and O–H groups in total. The number of nitro benzene ring substituents is 1. The summed E-state index contributed by atoms with van der Waals surface area (Å²) in [6.07, 6.45) is 5.08. The van der Waals surface area contributed by atoms with Gasteiger partial charge in [-0.3, -0.25) is 10.1 Å². The van der Waals surface area contributed by atoms with Crippen LogP contribution in [0.2, 0.25) is 0 Å². The lowest BCUT2D eigenvalue weighted by Gasteiger charge is -2.37. The van der Waals surface area contributed by atoms with Gasteiger partial charge in [-0.25, -0.2) is 4.39 Å². The van der Waals surface area contributed by atoms with E-state index in [1.165, 1.54) is 12.1 Å². The van der Waals surface area contributed by atoms with Crippen molar-refractivity contribution >= 4 is 27.3 Å². The van der Waals surface area contributed by atoms with Crippen molar-refractivity contribution in [3.05, 3.63) is 80.1 Å². The Kier molecular flexibility index (Phi) is 3.64. The minimum atomic E-state index is -0.400. The first-order chi connectivity index (χ1) is 11.5. The first-order valence-corrected chi connectivity index (χ1v) is 8.50. The fourth-order valence-electron chi connectivity index (χ4n) is 3.78. The molecule has 3 atom stereocenters. The minimum absolute atomic E-state index is 0.0545. The quantitative estimate of drug-likeness (QED) is 0.430. The fraction of sp³-hybridized carbons (Fsp3) is 0.222. The minimum Gasteiger partial charge on any atom is -0.375 e. The van der Waals surface area contributed by atoms with E-state index in [-0.39, 0.29) is 29.4 Å². The summed E-state index contributed by atoms with van der Waals surface area (Å²) in [5.41, 5.74) is 2.29. The topological polar surface area (TPSA) is 55.2 Å². The number of hydrogen-bond acceptors (Lipinski definition) is 3. The summed E-state index contributed by atoms with van der Waals surface area (Å²) in [6.45, 7) is 0. The summed E-state index contributed by atoms with van der Waals surface area (Å²) < 4.78 is 15.2. The zero-order valence-electron chi connectivity index (χ0n) is 12.6. The van der Waals surface area contributed by atoms with Crippen molar-refractivity contribution in [2.75, 3.05) is 5.32 Å². The summed E-state index contributed by atoms with van der Waals surface area (Å²) in [7, 11) is 0. The molecule has 4 nitrogen and oxygen atoms in total. The third-order valence-electron chi connectivity index (χ3n) is 4.83. The number of fused-ring (bicyclic) bond motifs is 3. The van der Waals surface area contributed by atoms with Crippen molar-refractivity contribution in [3.63, 3.8) is 0 Å². The van der Waals surface area contributed by atoms with Gasteiger partial charge < -0.3 is 5.32 Å². The van der Waals surface area contributed by atoms with Crippen LogP contribution in [0.1, 0.15) is 29.5 Å². The van der Waals surface area contributed by atoms with E-state index in [1.54, 1.807) is 12.1 Å². The van der Waals surface area contributed by atoms with Crippen LogP contribution in [0, 0.1) is 21.8 Å². The van der Waals surface area contributed by atoms with Crippen LogP contribution in [-0.4, -0.2) is 4.92 Å². The Morgan fingerprint density at radius 2 is 2.12 bits per heavy atom. The smallest absolute Gasteiger partial charge is 0.269 e. The molecule has 0 saturated heterocycles. The number of rotatable bonds is 2. The molecule has 1 heterocycles. The van der Waals surface area contributed by atoms with Crippen molar-refractivity contribution in [2.24, 2.45) is 5.92 Å². The molecule has 2 aromatic carbocycles. The van der Waals surface area contributed by atoms with Crippen LogP contribution in [0.25, 0.3) is 0 Å². The van der Waals surface area contributed by atoms with Crippen LogP contribution in [0.15, 0.2) is 53.0 Å². The van der Waals surface area contributed by atoms with Gasteiger partial charge in [0.25, 0.3) is 5.69 Å². The number of allylic oxidation sites excluding steroid dienone is 2. The van der Waals surface area contributed by atoms with Crippen molar-refractivity contribution in [3.8, 4) is 0 Å². The summed E-state index contributed by atoms with van der Waals surface area (Å²) in [6, 6.07) is 9.82. The van der Waals surface area contributed by atoms with Gasteiger partial charge in [-0.2, -0.15) is 0 Å². The highest BCUT2D eigenvalue weighted by molar-refractivity contribution is 9.10. The zero-order chi connectivity index (χ0) is 16.8. The first kappa shape index (κ1) is 15.3. The number of hydrogen-bond donors (Lipinski definition) is 1. The number of non-ortho nitro benzene ring substituents is 1. The van der Waals surface area contributed by atoms with Crippen LogP contribution in [0.5, 0.6) is 0 Å².